The van der Waals surface area contributed by atoms with Gasteiger partial charge in [-0.15, -0.1) is 0 Å². The average Bonchev–Trinajstić information content (AvgIpc) is 2.74. The molecule has 0 amide bonds. The van der Waals surface area contributed by atoms with E-state index in [4.69, 9.17) is 10.2 Å². The van der Waals surface area contributed by atoms with Crippen LogP contribution in [0.25, 0.3) is 0 Å². The monoisotopic (exact) mass is 438 g/mol. The third kappa shape index (κ3) is 7.55. The van der Waals surface area contributed by atoms with Crippen molar-refractivity contribution in [1.29, 1.82) is 0 Å². The number of aliphatic carboxylic acids is 1. The van der Waals surface area contributed by atoms with Gasteiger partial charge in [-0.1, -0.05) is 38.1 Å². The van der Waals surface area contributed by atoms with E-state index in [1.165, 1.54) is 31.4 Å². The number of halogens is 2. The van der Waals surface area contributed by atoms with Crippen LogP contribution >= 0.6 is 0 Å². The van der Waals surface area contributed by atoms with Gasteiger partial charge in [0.05, 0.1) is 20.0 Å². The number of carbonyl (C=O) groups excluding carboxylic acids is 1. The van der Waals surface area contributed by atoms with E-state index in [2.05, 4.69) is 4.74 Å². The largest absolute Gasteiger partial charge is 0.505 e. The van der Waals surface area contributed by atoms with Crippen molar-refractivity contribution in [2.24, 2.45) is 0 Å². The number of hydrogen-bond acceptors (Lipinski definition) is 5. The zero-order valence-corrected chi connectivity index (χ0v) is 17.8. The number of phenolic OH excluding ortho intramolecular Hbond substituents is 2. The zero-order chi connectivity index (χ0) is 23.6. The smallest absolute Gasteiger partial charge is 0.306 e. The summed E-state index contributed by atoms with van der Waals surface area (Å²) in [5.41, 5.74) is 0.618. The van der Waals surface area contributed by atoms with E-state index >= 15 is 0 Å². The van der Waals surface area contributed by atoms with Crippen molar-refractivity contribution >= 4 is 11.9 Å². The first kappa shape index (κ1) is 25.9. The van der Waals surface area contributed by atoms with E-state index in [-0.39, 0.29) is 36.0 Å². The Morgan fingerprint density at radius 2 is 1.29 bits per heavy atom. The number of carboxylic acids is 1. The molecule has 2 atom stereocenters. The third-order valence-electron chi connectivity index (χ3n) is 4.94. The molecule has 8 heteroatoms. The Balaban J connectivity index is 0.000000311. The molecule has 170 valence electrons. The summed E-state index contributed by atoms with van der Waals surface area (Å²) in [5.74, 6) is -4.20. The average molecular weight is 438 g/mol. The van der Waals surface area contributed by atoms with Gasteiger partial charge in [-0.05, 0) is 47.9 Å². The maximum absolute atomic E-state index is 13.6. The van der Waals surface area contributed by atoms with Crippen molar-refractivity contribution in [2.75, 3.05) is 7.11 Å². The Morgan fingerprint density at radius 1 is 0.871 bits per heavy atom. The van der Waals surface area contributed by atoms with Crippen molar-refractivity contribution in [3.8, 4) is 11.5 Å². The fourth-order valence-corrected chi connectivity index (χ4v) is 3.15. The maximum atomic E-state index is 13.6. The number of hydrogen-bond donors (Lipinski definition) is 3. The summed E-state index contributed by atoms with van der Waals surface area (Å²) in [6, 6.07) is 8.68. The van der Waals surface area contributed by atoms with Crippen LogP contribution in [0, 0.1) is 11.6 Å². The zero-order valence-electron chi connectivity index (χ0n) is 17.8. The highest BCUT2D eigenvalue weighted by Crippen LogP contribution is 2.31. The molecule has 0 radical (unpaired) electrons. The van der Waals surface area contributed by atoms with E-state index < -0.39 is 29.3 Å². The molecule has 0 saturated carbocycles. The van der Waals surface area contributed by atoms with Crippen molar-refractivity contribution in [3.63, 3.8) is 0 Å². The number of carboxylic acid groups (broad SMARTS) is 1. The predicted molar refractivity (Wildman–Crippen MR) is 111 cm³/mol. The number of aromatic hydroxyl groups is 2. The summed E-state index contributed by atoms with van der Waals surface area (Å²) < 4.78 is 31.6. The highest BCUT2D eigenvalue weighted by molar-refractivity contribution is 5.70. The van der Waals surface area contributed by atoms with Gasteiger partial charge in [0.2, 0.25) is 0 Å². The first-order valence-corrected chi connectivity index (χ1v) is 9.89. The normalized spacial score (nSPS) is 12.3. The molecule has 0 fully saturated rings. The molecule has 0 aliphatic rings. The second-order valence-electron chi connectivity index (χ2n) is 6.95. The quantitative estimate of drug-likeness (QED) is 0.496. The van der Waals surface area contributed by atoms with Gasteiger partial charge in [0.15, 0.2) is 23.1 Å². The third-order valence-corrected chi connectivity index (χ3v) is 4.94. The molecule has 0 spiro atoms. The Bertz CT molecular complexity index is 884. The Hall–Kier alpha value is -3.16. The van der Waals surface area contributed by atoms with Crippen LogP contribution in [0.1, 0.15) is 62.5 Å². The van der Waals surface area contributed by atoms with Crippen LogP contribution in [0.3, 0.4) is 0 Å². The van der Waals surface area contributed by atoms with Crippen molar-refractivity contribution in [2.45, 2.75) is 51.4 Å². The van der Waals surface area contributed by atoms with Crippen LogP contribution in [-0.4, -0.2) is 34.4 Å². The van der Waals surface area contributed by atoms with Gasteiger partial charge in [0.1, 0.15) is 0 Å². The minimum Gasteiger partial charge on any atom is -0.505 e. The van der Waals surface area contributed by atoms with Crippen molar-refractivity contribution in [1.82, 2.24) is 0 Å². The summed E-state index contributed by atoms with van der Waals surface area (Å²) in [4.78, 5) is 21.7. The second-order valence-corrected chi connectivity index (χ2v) is 6.95. The van der Waals surface area contributed by atoms with Crippen LogP contribution in [0.15, 0.2) is 36.4 Å². The van der Waals surface area contributed by atoms with Gasteiger partial charge < -0.3 is 20.1 Å². The van der Waals surface area contributed by atoms with E-state index in [1.54, 1.807) is 19.1 Å². The molecule has 6 nitrogen and oxygen atoms in total. The molecule has 3 N–H and O–H groups in total. The number of phenols is 2. The number of methoxy groups -OCH3 is 1. The van der Waals surface area contributed by atoms with Gasteiger partial charge in [0.25, 0.3) is 0 Å². The molecule has 0 aliphatic heterocycles. The molecule has 2 rings (SSSR count). The summed E-state index contributed by atoms with van der Waals surface area (Å²) in [5, 5.41) is 27.1. The Morgan fingerprint density at radius 3 is 1.65 bits per heavy atom. The maximum Gasteiger partial charge on any atom is 0.306 e. The molecular formula is C23H28F2O6. The lowest BCUT2D eigenvalue weighted by Gasteiger charge is -2.15. The molecular weight excluding hydrogens is 410 g/mol. The summed E-state index contributed by atoms with van der Waals surface area (Å²) in [7, 11) is 1.30. The van der Waals surface area contributed by atoms with Gasteiger partial charge in [0, 0.05) is 0 Å². The number of esters is 1. The Labute approximate surface area is 180 Å². The molecule has 0 aliphatic carbocycles. The predicted octanol–water partition coefficient (Wildman–Crippen LogP) is 5.09. The van der Waals surface area contributed by atoms with Crippen LogP contribution < -0.4 is 0 Å². The number of ether oxygens (including phenoxy) is 1. The molecule has 0 aromatic heterocycles. The summed E-state index contributed by atoms with van der Waals surface area (Å²) in [6.45, 7) is 3.65. The molecule has 0 saturated heterocycles. The lowest BCUT2D eigenvalue weighted by molar-refractivity contribution is -0.141. The molecule has 2 aromatic rings. The highest BCUT2D eigenvalue weighted by atomic mass is 19.1. The first-order chi connectivity index (χ1) is 14.7. The minimum atomic E-state index is -0.968. The van der Waals surface area contributed by atoms with Gasteiger partial charge >= 0.3 is 11.9 Å². The van der Waals surface area contributed by atoms with E-state index in [1.807, 2.05) is 6.92 Å². The molecule has 31 heavy (non-hydrogen) atoms. The van der Waals surface area contributed by atoms with Crippen molar-refractivity contribution < 1.29 is 38.4 Å². The van der Waals surface area contributed by atoms with Crippen molar-refractivity contribution in [3.05, 3.63) is 59.2 Å². The fraction of sp³-hybridized carbons (Fsp3) is 0.391. The lowest BCUT2D eigenvalue weighted by atomic mass is 9.92. The second kappa shape index (κ2) is 12.5. The molecule has 2 aromatic carbocycles. The topological polar surface area (TPSA) is 104 Å². The van der Waals surface area contributed by atoms with Crippen LogP contribution in [-0.2, 0) is 14.3 Å². The van der Waals surface area contributed by atoms with Gasteiger partial charge in [-0.3, -0.25) is 9.59 Å². The first-order valence-electron chi connectivity index (χ1n) is 9.89. The number of carbonyl (C=O) groups is 2. The molecule has 2 unspecified atom stereocenters. The minimum absolute atomic E-state index is 0.118. The Kier molecular flexibility index (Phi) is 10.4. The van der Waals surface area contributed by atoms with E-state index in [0.717, 1.165) is 0 Å². The molecule has 0 heterocycles. The van der Waals surface area contributed by atoms with Crippen LogP contribution in [0.2, 0.25) is 0 Å². The number of benzene rings is 2. The molecule has 0 bridgehead atoms. The SMILES string of the molecule is CCC(CC(=O)O)c1cccc(O)c1F.CCC(CC(=O)OC)c1cccc(O)c1F. The summed E-state index contributed by atoms with van der Waals surface area (Å²) >= 11 is 0. The van der Waals surface area contributed by atoms with Gasteiger partial charge in [-0.25, -0.2) is 8.78 Å². The van der Waals surface area contributed by atoms with E-state index in [0.29, 0.717) is 18.4 Å². The van der Waals surface area contributed by atoms with E-state index in [9.17, 15) is 23.5 Å². The fourth-order valence-electron chi connectivity index (χ4n) is 3.15. The highest BCUT2D eigenvalue weighted by Gasteiger charge is 2.20. The number of rotatable bonds is 8. The van der Waals surface area contributed by atoms with Gasteiger partial charge in [-0.2, -0.15) is 0 Å². The summed E-state index contributed by atoms with van der Waals surface area (Å²) in [6.07, 6.45) is 1.12. The van der Waals surface area contributed by atoms with Crippen LogP contribution in [0.5, 0.6) is 11.5 Å². The standard InChI is InChI=1S/C12H15FO3.C11H13FO3/c1-3-8(7-11(15)16-2)9-5-4-6-10(14)12(9)13;1-2-7(6-10(14)15)8-4-3-5-9(13)11(8)12/h4-6,8,14H,3,7H2,1-2H3;3-5,7,13H,2,6H2,1H3,(H,14,15). The van der Waals surface area contributed by atoms with Crippen LogP contribution in [0.4, 0.5) is 8.78 Å². The lowest BCUT2D eigenvalue weighted by Crippen LogP contribution is -2.09.